The second-order valence-corrected chi connectivity index (χ2v) is 10.00. The fourth-order valence-corrected chi connectivity index (χ4v) is 7.96. The van der Waals surface area contributed by atoms with Crippen LogP contribution in [0, 0.1) is 0 Å². The molecule has 0 spiro atoms. The van der Waals surface area contributed by atoms with Gasteiger partial charge in [0.2, 0.25) is 0 Å². The van der Waals surface area contributed by atoms with E-state index in [0.717, 1.165) is 58.0 Å². The molecule has 2 aliphatic rings. The molecule has 2 fully saturated rings. The molecule has 0 aromatic carbocycles. The lowest BCUT2D eigenvalue weighted by Crippen LogP contribution is -2.64. The Morgan fingerprint density at radius 2 is 1.81 bits per heavy atom. The molecule has 1 atom stereocenters. The minimum atomic E-state index is -2.25. The maximum absolute atomic E-state index is 6.05. The van der Waals surface area contributed by atoms with Gasteiger partial charge in [0.05, 0.1) is 0 Å². The van der Waals surface area contributed by atoms with E-state index < -0.39 is 8.56 Å². The van der Waals surface area contributed by atoms with E-state index in [9.17, 15) is 0 Å². The lowest BCUT2D eigenvalue weighted by Gasteiger charge is -2.48. The van der Waals surface area contributed by atoms with Gasteiger partial charge in [0.15, 0.2) is 0 Å². The second kappa shape index (κ2) is 8.03. The minimum absolute atomic E-state index is 0.164. The molecule has 21 heavy (non-hydrogen) atoms. The number of ether oxygens (including phenoxy) is 1. The Labute approximate surface area is 130 Å². The molecule has 2 aliphatic heterocycles. The molecule has 6 heteroatoms. The minimum Gasteiger partial charge on any atom is -0.396 e. The van der Waals surface area contributed by atoms with Crippen LogP contribution >= 0.6 is 0 Å². The van der Waals surface area contributed by atoms with Crippen LogP contribution in [0.1, 0.15) is 32.1 Å². The van der Waals surface area contributed by atoms with E-state index in [1.54, 1.807) is 0 Å². The number of nitrogens with one attached hydrogen (secondary N) is 1. The van der Waals surface area contributed by atoms with Crippen LogP contribution in [0.2, 0.25) is 6.04 Å². The molecule has 0 amide bonds. The first-order chi connectivity index (χ1) is 10.2. The van der Waals surface area contributed by atoms with Crippen molar-refractivity contribution in [2.24, 2.45) is 0 Å². The van der Waals surface area contributed by atoms with Crippen LogP contribution < -0.4 is 5.32 Å². The molecule has 1 N–H and O–H groups in total. The van der Waals surface area contributed by atoms with Gasteiger partial charge in [0.1, 0.15) is 5.22 Å². The van der Waals surface area contributed by atoms with Gasteiger partial charge in [0.25, 0.3) is 0 Å². The summed E-state index contributed by atoms with van der Waals surface area (Å²) >= 11 is 0. The number of hydrogen-bond acceptors (Lipinski definition) is 5. The Balaban J connectivity index is 1.94. The van der Waals surface area contributed by atoms with Gasteiger partial charge in [-0.15, -0.1) is 0 Å². The van der Waals surface area contributed by atoms with Crippen molar-refractivity contribution in [3.8, 4) is 0 Å². The van der Waals surface area contributed by atoms with Crippen LogP contribution in [-0.2, 0) is 13.6 Å². The number of hydrogen-bond donors (Lipinski definition) is 1. The Kier molecular flexibility index (Phi) is 6.65. The summed E-state index contributed by atoms with van der Waals surface area (Å²) in [7, 11) is 3.21. The molecule has 0 radical (unpaired) electrons. The molecule has 0 aliphatic carbocycles. The molecule has 124 valence electrons. The molecule has 2 saturated heterocycles. The van der Waals surface area contributed by atoms with Crippen molar-refractivity contribution in [1.82, 2.24) is 10.2 Å². The molecule has 5 nitrogen and oxygen atoms in total. The first kappa shape index (κ1) is 17.4. The Bertz CT molecular complexity index is 309. The van der Waals surface area contributed by atoms with E-state index >= 15 is 0 Å². The molecular formula is C15H32N2O3Si. The summed E-state index contributed by atoms with van der Waals surface area (Å²) in [6, 6.07) is 1.06. The maximum Gasteiger partial charge on any atom is 0.370 e. The van der Waals surface area contributed by atoms with E-state index in [-0.39, 0.29) is 5.22 Å². The molecule has 0 bridgehead atoms. The summed E-state index contributed by atoms with van der Waals surface area (Å²) in [4.78, 5) is 2.55. The highest BCUT2D eigenvalue weighted by Gasteiger charge is 2.58. The Hall–Kier alpha value is 0.0169. The van der Waals surface area contributed by atoms with Crippen molar-refractivity contribution in [2.75, 3.05) is 54.1 Å². The summed E-state index contributed by atoms with van der Waals surface area (Å²) in [5.41, 5.74) is 0. The van der Waals surface area contributed by atoms with E-state index in [1.165, 1.54) is 12.8 Å². The molecule has 2 rings (SSSR count). The molecule has 1 unspecified atom stereocenters. The Morgan fingerprint density at radius 3 is 2.43 bits per heavy atom. The third-order valence-corrected chi connectivity index (χ3v) is 9.77. The second-order valence-electron chi connectivity index (χ2n) is 6.26. The number of nitrogens with zero attached hydrogens (tertiary/aromatic N) is 1. The standard InChI is InChI=1S/C15H32N2O3Si/c1-18-15(7-4-5-14-21(15,19-2)20-3)8-6-11-17-12-9-16-10-13-17/h16H,4-14H2,1-3H3. The zero-order valence-electron chi connectivity index (χ0n) is 14.0. The quantitative estimate of drug-likeness (QED) is 0.721. The van der Waals surface area contributed by atoms with Crippen LogP contribution in [0.25, 0.3) is 0 Å². The van der Waals surface area contributed by atoms with Crippen LogP contribution in [-0.4, -0.2) is 72.7 Å². The largest absolute Gasteiger partial charge is 0.396 e. The van der Waals surface area contributed by atoms with Gasteiger partial charge < -0.3 is 23.8 Å². The van der Waals surface area contributed by atoms with E-state index in [0.29, 0.717) is 0 Å². The summed E-state index contributed by atoms with van der Waals surface area (Å²) in [5.74, 6) is 0. The fourth-order valence-electron chi connectivity index (χ4n) is 4.04. The highest BCUT2D eigenvalue weighted by Crippen LogP contribution is 2.42. The van der Waals surface area contributed by atoms with Gasteiger partial charge in [-0.25, -0.2) is 0 Å². The third kappa shape index (κ3) is 3.68. The summed E-state index contributed by atoms with van der Waals surface area (Å²) in [6.07, 6.45) is 5.73. The van der Waals surface area contributed by atoms with Crippen molar-refractivity contribution >= 4 is 8.56 Å². The summed E-state index contributed by atoms with van der Waals surface area (Å²) in [5, 5.41) is 3.24. The highest BCUT2D eigenvalue weighted by atomic mass is 28.4. The zero-order chi connectivity index (χ0) is 15.2. The monoisotopic (exact) mass is 316 g/mol. The van der Waals surface area contributed by atoms with Crippen molar-refractivity contribution in [3.63, 3.8) is 0 Å². The fraction of sp³-hybridized carbons (Fsp3) is 1.00. The SMILES string of the molecule is COC1(CCCN2CCNCC2)CCCC[Si]1(OC)OC. The Morgan fingerprint density at radius 1 is 1.10 bits per heavy atom. The predicted molar refractivity (Wildman–Crippen MR) is 86.7 cm³/mol. The van der Waals surface area contributed by atoms with E-state index in [2.05, 4.69) is 10.2 Å². The molecule has 0 saturated carbocycles. The zero-order valence-corrected chi connectivity index (χ0v) is 15.0. The number of rotatable bonds is 7. The van der Waals surface area contributed by atoms with Crippen molar-refractivity contribution < 1.29 is 13.6 Å². The van der Waals surface area contributed by atoms with E-state index in [1.807, 2.05) is 21.3 Å². The van der Waals surface area contributed by atoms with Gasteiger partial charge in [-0.3, -0.25) is 0 Å². The molecule has 2 heterocycles. The number of methoxy groups -OCH3 is 1. The average Bonchev–Trinajstić information content (AvgIpc) is 2.56. The first-order valence-electron chi connectivity index (χ1n) is 8.30. The normalized spacial score (nSPS) is 30.4. The third-order valence-electron chi connectivity index (χ3n) is 5.35. The van der Waals surface area contributed by atoms with E-state index in [4.69, 9.17) is 13.6 Å². The van der Waals surface area contributed by atoms with Gasteiger partial charge in [-0.2, -0.15) is 0 Å². The maximum atomic E-state index is 6.05. The van der Waals surface area contributed by atoms with Gasteiger partial charge >= 0.3 is 8.56 Å². The van der Waals surface area contributed by atoms with Crippen LogP contribution in [0.15, 0.2) is 0 Å². The number of piperazine rings is 1. The average molecular weight is 317 g/mol. The summed E-state index contributed by atoms with van der Waals surface area (Å²) < 4.78 is 17.9. The van der Waals surface area contributed by atoms with Gasteiger partial charge in [0, 0.05) is 47.5 Å². The first-order valence-corrected chi connectivity index (χ1v) is 10.3. The van der Waals surface area contributed by atoms with Gasteiger partial charge in [-0.05, 0) is 31.9 Å². The topological polar surface area (TPSA) is 43.0 Å². The van der Waals surface area contributed by atoms with Crippen LogP contribution in [0.3, 0.4) is 0 Å². The molecule has 0 aromatic rings. The predicted octanol–water partition coefficient (Wildman–Crippen LogP) is 1.52. The highest BCUT2D eigenvalue weighted by molar-refractivity contribution is 6.70. The van der Waals surface area contributed by atoms with Crippen LogP contribution in [0.5, 0.6) is 0 Å². The smallest absolute Gasteiger partial charge is 0.370 e. The lowest BCUT2D eigenvalue weighted by atomic mass is 10.1. The van der Waals surface area contributed by atoms with Crippen molar-refractivity contribution in [3.05, 3.63) is 0 Å². The van der Waals surface area contributed by atoms with Gasteiger partial charge in [-0.1, -0.05) is 12.8 Å². The van der Waals surface area contributed by atoms with Crippen molar-refractivity contribution in [1.29, 1.82) is 0 Å². The van der Waals surface area contributed by atoms with Crippen molar-refractivity contribution in [2.45, 2.75) is 43.4 Å². The molecular weight excluding hydrogens is 284 g/mol. The lowest BCUT2D eigenvalue weighted by molar-refractivity contribution is -0.0172. The summed E-state index contributed by atoms with van der Waals surface area (Å²) in [6.45, 7) is 5.72. The van der Waals surface area contributed by atoms with Crippen LogP contribution in [0.4, 0.5) is 0 Å². The molecule has 0 aromatic heterocycles.